The van der Waals surface area contributed by atoms with Gasteiger partial charge in [0, 0.05) is 4.88 Å². The van der Waals surface area contributed by atoms with Crippen molar-refractivity contribution in [3.63, 3.8) is 0 Å². The first kappa shape index (κ1) is 8.89. The SMILES string of the molecule is NC(=O)c1nncn1Cc1cccs1. The number of carbonyl (C=O) groups is 1. The van der Waals surface area contributed by atoms with E-state index in [1.165, 1.54) is 6.33 Å². The van der Waals surface area contributed by atoms with Crippen molar-refractivity contribution in [1.82, 2.24) is 14.8 Å². The fourth-order valence-electron chi connectivity index (χ4n) is 1.13. The van der Waals surface area contributed by atoms with Gasteiger partial charge in [-0.15, -0.1) is 21.5 Å². The Kier molecular flexibility index (Phi) is 2.28. The molecule has 14 heavy (non-hydrogen) atoms. The normalized spacial score (nSPS) is 10.3. The zero-order valence-electron chi connectivity index (χ0n) is 7.25. The molecule has 0 saturated carbocycles. The minimum absolute atomic E-state index is 0.193. The highest BCUT2D eigenvalue weighted by Gasteiger charge is 2.10. The summed E-state index contributed by atoms with van der Waals surface area (Å²) in [4.78, 5) is 12.0. The average molecular weight is 208 g/mol. The van der Waals surface area contributed by atoms with Gasteiger partial charge < -0.3 is 10.3 Å². The summed E-state index contributed by atoms with van der Waals surface area (Å²) in [7, 11) is 0. The van der Waals surface area contributed by atoms with Crippen molar-refractivity contribution in [3.05, 3.63) is 34.5 Å². The van der Waals surface area contributed by atoms with E-state index >= 15 is 0 Å². The van der Waals surface area contributed by atoms with Gasteiger partial charge in [-0.1, -0.05) is 6.07 Å². The first-order valence-electron chi connectivity index (χ1n) is 3.97. The fraction of sp³-hybridized carbons (Fsp3) is 0.125. The molecule has 2 aromatic heterocycles. The summed E-state index contributed by atoms with van der Waals surface area (Å²) in [5.41, 5.74) is 5.13. The molecule has 0 bridgehead atoms. The molecule has 0 aliphatic heterocycles. The summed E-state index contributed by atoms with van der Waals surface area (Å²) in [6.07, 6.45) is 1.50. The van der Waals surface area contributed by atoms with E-state index in [1.54, 1.807) is 15.9 Å². The van der Waals surface area contributed by atoms with E-state index in [0.29, 0.717) is 6.54 Å². The van der Waals surface area contributed by atoms with E-state index in [9.17, 15) is 4.79 Å². The first-order chi connectivity index (χ1) is 6.77. The predicted molar refractivity (Wildman–Crippen MR) is 52.0 cm³/mol. The minimum atomic E-state index is -0.556. The Hall–Kier alpha value is -1.69. The molecule has 2 N–H and O–H groups in total. The molecule has 0 atom stereocenters. The maximum atomic E-state index is 10.9. The number of aromatic nitrogens is 3. The second-order valence-corrected chi connectivity index (χ2v) is 3.76. The quantitative estimate of drug-likeness (QED) is 0.797. The second kappa shape index (κ2) is 3.59. The highest BCUT2D eigenvalue weighted by molar-refractivity contribution is 7.09. The molecule has 0 unspecified atom stereocenters. The molecule has 0 radical (unpaired) electrons. The molecule has 0 aromatic carbocycles. The monoisotopic (exact) mass is 208 g/mol. The highest BCUT2D eigenvalue weighted by Crippen LogP contribution is 2.10. The smallest absolute Gasteiger partial charge is 0.286 e. The Morgan fingerprint density at radius 2 is 2.50 bits per heavy atom. The van der Waals surface area contributed by atoms with Gasteiger partial charge in [-0.3, -0.25) is 4.79 Å². The summed E-state index contributed by atoms with van der Waals surface area (Å²) < 4.78 is 1.63. The van der Waals surface area contributed by atoms with E-state index in [2.05, 4.69) is 10.2 Å². The van der Waals surface area contributed by atoms with Gasteiger partial charge in [-0.25, -0.2) is 0 Å². The van der Waals surface area contributed by atoms with Gasteiger partial charge in [0.1, 0.15) is 6.33 Å². The predicted octanol–water partition coefficient (Wildman–Crippen LogP) is 0.487. The Morgan fingerprint density at radius 1 is 1.64 bits per heavy atom. The average Bonchev–Trinajstić information content (AvgIpc) is 2.75. The third kappa shape index (κ3) is 1.64. The Bertz CT molecular complexity index is 434. The van der Waals surface area contributed by atoms with E-state index < -0.39 is 5.91 Å². The van der Waals surface area contributed by atoms with Crippen molar-refractivity contribution in [1.29, 1.82) is 0 Å². The van der Waals surface area contributed by atoms with Crippen LogP contribution < -0.4 is 5.73 Å². The van der Waals surface area contributed by atoms with Crippen LogP contribution in [0.1, 0.15) is 15.5 Å². The largest absolute Gasteiger partial charge is 0.363 e. The number of nitrogens with two attached hydrogens (primary N) is 1. The van der Waals surface area contributed by atoms with Crippen LogP contribution in [0.3, 0.4) is 0 Å². The fourth-order valence-corrected chi connectivity index (χ4v) is 1.83. The lowest BCUT2D eigenvalue weighted by molar-refractivity contribution is 0.0986. The number of carbonyl (C=O) groups excluding carboxylic acids is 1. The van der Waals surface area contributed by atoms with Crippen LogP contribution in [0.5, 0.6) is 0 Å². The van der Waals surface area contributed by atoms with Gasteiger partial charge in [0.05, 0.1) is 6.54 Å². The van der Waals surface area contributed by atoms with E-state index in [-0.39, 0.29) is 5.82 Å². The molecular weight excluding hydrogens is 200 g/mol. The number of primary amides is 1. The summed E-state index contributed by atoms with van der Waals surface area (Å²) in [6.45, 7) is 0.586. The zero-order valence-corrected chi connectivity index (χ0v) is 8.07. The highest BCUT2D eigenvalue weighted by atomic mass is 32.1. The molecule has 72 valence electrons. The lowest BCUT2D eigenvalue weighted by Gasteiger charge is -2.00. The maximum absolute atomic E-state index is 10.9. The summed E-state index contributed by atoms with van der Waals surface area (Å²) in [6, 6.07) is 3.93. The zero-order chi connectivity index (χ0) is 9.97. The number of rotatable bonds is 3. The van der Waals surface area contributed by atoms with Crippen molar-refractivity contribution in [2.45, 2.75) is 6.54 Å². The number of hydrogen-bond donors (Lipinski definition) is 1. The molecular formula is C8H8N4OS. The van der Waals surface area contributed by atoms with Crippen molar-refractivity contribution in [3.8, 4) is 0 Å². The van der Waals surface area contributed by atoms with Crippen LogP contribution in [-0.2, 0) is 6.54 Å². The van der Waals surface area contributed by atoms with Crippen LogP contribution in [0.2, 0.25) is 0 Å². The lowest BCUT2D eigenvalue weighted by atomic mass is 10.4. The Morgan fingerprint density at radius 3 is 3.14 bits per heavy atom. The van der Waals surface area contributed by atoms with E-state index in [4.69, 9.17) is 5.73 Å². The third-order valence-electron chi connectivity index (χ3n) is 1.74. The molecule has 2 rings (SSSR count). The Labute approximate surface area is 84.2 Å². The van der Waals surface area contributed by atoms with Gasteiger partial charge in [0.25, 0.3) is 5.91 Å². The van der Waals surface area contributed by atoms with Crippen LogP contribution >= 0.6 is 11.3 Å². The van der Waals surface area contributed by atoms with Crippen LogP contribution in [0.25, 0.3) is 0 Å². The second-order valence-electron chi connectivity index (χ2n) is 2.73. The number of nitrogens with zero attached hydrogens (tertiary/aromatic N) is 3. The maximum Gasteiger partial charge on any atom is 0.286 e. The number of thiophene rings is 1. The van der Waals surface area contributed by atoms with Crippen LogP contribution in [0, 0.1) is 0 Å². The number of hydrogen-bond acceptors (Lipinski definition) is 4. The molecule has 2 heterocycles. The number of amides is 1. The summed E-state index contributed by atoms with van der Waals surface area (Å²) >= 11 is 1.61. The van der Waals surface area contributed by atoms with E-state index in [1.807, 2.05) is 17.5 Å². The van der Waals surface area contributed by atoms with Crippen LogP contribution in [0.4, 0.5) is 0 Å². The molecule has 0 fully saturated rings. The van der Waals surface area contributed by atoms with Gasteiger partial charge in [0.2, 0.25) is 5.82 Å². The topological polar surface area (TPSA) is 73.8 Å². The van der Waals surface area contributed by atoms with Crippen molar-refractivity contribution < 1.29 is 4.79 Å². The summed E-state index contributed by atoms with van der Waals surface area (Å²) in [5.74, 6) is -0.363. The molecule has 1 amide bonds. The molecule has 0 spiro atoms. The van der Waals surface area contributed by atoms with Crippen LogP contribution in [0.15, 0.2) is 23.8 Å². The van der Waals surface area contributed by atoms with Crippen molar-refractivity contribution >= 4 is 17.2 Å². The minimum Gasteiger partial charge on any atom is -0.363 e. The van der Waals surface area contributed by atoms with Crippen molar-refractivity contribution in [2.24, 2.45) is 5.73 Å². The first-order valence-corrected chi connectivity index (χ1v) is 4.85. The Balaban J connectivity index is 2.25. The van der Waals surface area contributed by atoms with Crippen molar-refractivity contribution in [2.75, 3.05) is 0 Å². The van der Waals surface area contributed by atoms with Gasteiger partial charge in [-0.2, -0.15) is 0 Å². The van der Waals surface area contributed by atoms with Gasteiger partial charge >= 0.3 is 0 Å². The standard InChI is InChI=1S/C8H8N4OS/c9-7(13)8-11-10-5-12(8)4-6-2-1-3-14-6/h1-3,5H,4H2,(H2,9,13). The molecule has 2 aromatic rings. The van der Waals surface area contributed by atoms with Gasteiger partial charge in [0.15, 0.2) is 0 Å². The molecule has 0 saturated heterocycles. The van der Waals surface area contributed by atoms with Gasteiger partial charge in [-0.05, 0) is 11.4 Å². The lowest BCUT2D eigenvalue weighted by Crippen LogP contribution is -2.18. The molecule has 5 nitrogen and oxygen atoms in total. The van der Waals surface area contributed by atoms with E-state index in [0.717, 1.165) is 4.88 Å². The molecule has 0 aliphatic rings. The molecule has 0 aliphatic carbocycles. The summed E-state index contributed by atoms with van der Waals surface area (Å²) in [5, 5.41) is 9.26. The third-order valence-corrected chi connectivity index (χ3v) is 2.60. The van der Waals surface area contributed by atoms with Crippen LogP contribution in [-0.4, -0.2) is 20.7 Å². The molecule has 6 heteroatoms.